The monoisotopic (exact) mass is 415 g/mol. The fourth-order valence-electron chi connectivity index (χ4n) is 2.36. The van der Waals surface area contributed by atoms with Gasteiger partial charge in [-0.25, -0.2) is 14.8 Å². The first-order chi connectivity index (χ1) is 12.6. The van der Waals surface area contributed by atoms with Gasteiger partial charge in [0.05, 0.1) is 4.47 Å². The summed E-state index contributed by atoms with van der Waals surface area (Å²) in [6.45, 7) is 6.97. The van der Waals surface area contributed by atoms with Crippen molar-refractivity contribution in [2.24, 2.45) is 0 Å². The van der Waals surface area contributed by atoms with Crippen LogP contribution in [0.4, 0.5) is 10.7 Å². The average Bonchev–Trinajstić information content (AvgIpc) is 2.58. The molecule has 1 aliphatic rings. The summed E-state index contributed by atoms with van der Waals surface area (Å²) in [7, 11) is 0. The number of amides is 1. The van der Waals surface area contributed by atoms with Crippen LogP contribution >= 0.6 is 15.9 Å². The van der Waals surface area contributed by atoms with Crippen LogP contribution in [0.3, 0.4) is 0 Å². The van der Waals surface area contributed by atoms with Gasteiger partial charge >= 0.3 is 6.09 Å². The molecule has 1 aromatic rings. The van der Waals surface area contributed by atoms with Gasteiger partial charge in [-0.15, -0.1) is 0 Å². The molecule has 0 bridgehead atoms. The first-order valence-corrected chi connectivity index (χ1v) is 9.30. The van der Waals surface area contributed by atoms with Crippen molar-refractivity contribution in [2.75, 3.05) is 44.1 Å². The molecule has 1 saturated heterocycles. The predicted octanol–water partition coefficient (Wildman–Crippen LogP) is 2.67. The van der Waals surface area contributed by atoms with Crippen LogP contribution in [0.1, 0.15) is 36.4 Å². The van der Waals surface area contributed by atoms with Crippen LogP contribution in [-0.2, 0) is 4.74 Å². The Hall–Kier alpha value is -1.41. The van der Waals surface area contributed by atoms with Crippen LogP contribution in [0, 0.1) is 0 Å². The van der Waals surface area contributed by atoms with Gasteiger partial charge in [-0.2, -0.15) is 0 Å². The highest BCUT2D eigenvalue weighted by Crippen LogP contribution is 2.13. The number of alkyl carbamates (subject to hydrolysis) is 1. The van der Waals surface area contributed by atoms with Crippen molar-refractivity contribution in [1.29, 1.82) is 0 Å². The van der Waals surface area contributed by atoms with E-state index in [0.717, 1.165) is 4.47 Å². The molecule has 140 valence electrons. The number of nitrogens with zero attached hydrogens (tertiary/aromatic N) is 4. The third-order valence-electron chi connectivity index (χ3n) is 3.53. The summed E-state index contributed by atoms with van der Waals surface area (Å²) in [5, 5.41) is 2.67. The Morgan fingerprint density at radius 1 is 1.28 bits per heavy atom. The molecule has 1 amide bonds. The van der Waals surface area contributed by atoms with Gasteiger partial charge in [0, 0.05) is 47.9 Å². The molecule has 25 heavy (non-hydrogen) atoms. The quantitative estimate of drug-likeness (QED) is 0.720. The van der Waals surface area contributed by atoms with Gasteiger partial charge in [0.15, 0.2) is 0 Å². The van der Waals surface area contributed by atoms with Crippen LogP contribution in [0.5, 0.6) is 0 Å². The van der Waals surface area contributed by atoms with Crippen molar-refractivity contribution in [3.8, 4) is 0 Å². The zero-order valence-corrected chi connectivity index (χ0v) is 16.7. The average molecular weight is 416 g/mol. The van der Waals surface area contributed by atoms with E-state index in [4.69, 9.17) is 7.48 Å². The second-order valence-electron chi connectivity index (χ2n) is 6.87. The van der Waals surface area contributed by atoms with E-state index >= 15 is 0 Å². The van der Waals surface area contributed by atoms with Crippen LogP contribution in [-0.4, -0.2) is 65.8 Å². The van der Waals surface area contributed by atoms with Gasteiger partial charge in [-0.3, -0.25) is 4.90 Å². The minimum absolute atomic E-state index is 0.345. The summed E-state index contributed by atoms with van der Waals surface area (Å²) in [5.74, 6) is 0.667. The number of hydrogen-bond donors (Lipinski definition) is 1. The van der Waals surface area contributed by atoms with Crippen molar-refractivity contribution in [3.63, 3.8) is 0 Å². The van der Waals surface area contributed by atoms with E-state index in [1.54, 1.807) is 12.4 Å². The van der Waals surface area contributed by atoms with E-state index in [-0.39, 0.29) is 0 Å². The number of carbonyl (C=O) groups is 1. The number of rotatable bonds is 6. The zero-order valence-electron chi connectivity index (χ0n) is 17.1. The Balaban J connectivity index is 1.72. The SMILES string of the molecule is [2H]C([2H])(CCCNC(=O)OC(C)(C)C)N1CCN(c2ncc(Br)cn2)CC1. The largest absolute Gasteiger partial charge is 0.444 e. The van der Waals surface area contributed by atoms with Gasteiger partial charge < -0.3 is 15.0 Å². The molecule has 0 unspecified atom stereocenters. The van der Waals surface area contributed by atoms with Gasteiger partial charge in [-0.05, 0) is 56.0 Å². The van der Waals surface area contributed by atoms with Crippen molar-refractivity contribution in [3.05, 3.63) is 16.9 Å². The molecular weight excluding hydrogens is 386 g/mol. The molecule has 0 aromatic carbocycles. The number of hydrogen-bond acceptors (Lipinski definition) is 6. The molecule has 1 aromatic heterocycles. The highest BCUT2D eigenvalue weighted by atomic mass is 79.9. The Kier molecular flexibility index (Phi) is 6.36. The highest BCUT2D eigenvalue weighted by Gasteiger charge is 2.18. The maximum atomic E-state index is 11.6. The molecule has 0 saturated carbocycles. The minimum atomic E-state index is -1.41. The lowest BCUT2D eigenvalue weighted by atomic mass is 10.2. The van der Waals surface area contributed by atoms with Gasteiger partial charge in [0.2, 0.25) is 5.95 Å². The van der Waals surface area contributed by atoms with Crippen LogP contribution in [0.2, 0.25) is 0 Å². The van der Waals surface area contributed by atoms with E-state index < -0.39 is 18.2 Å². The lowest BCUT2D eigenvalue weighted by Gasteiger charge is -2.34. The Morgan fingerprint density at radius 2 is 1.92 bits per heavy atom. The molecule has 1 fully saturated rings. The molecular formula is C17H28BrN5O2. The Morgan fingerprint density at radius 3 is 2.52 bits per heavy atom. The van der Waals surface area contributed by atoms with Crippen LogP contribution < -0.4 is 10.2 Å². The lowest BCUT2D eigenvalue weighted by molar-refractivity contribution is 0.0526. The van der Waals surface area contributed by atoms with Crippen molar-refractivity contribution < 1.29 is 12.3 Å². The Labute approximate surface area is 161 Å². The summed E-state index contributed by atoms with van der Waals surface area (Å²) in [6.07, 6.45) is 3.85. The number of anilines is 1. The predicted molar refractivity (Wildman–Crippen MR) is 102 cm³/mol. The molecule has 1 N–H and O–H groups in total. The maximum absolute atomic E-state index is 11.6. The summed E-state index contributed by atoms with van der Waals surface area (Å²) in [4.78, 5) is 24.1. The van der Waals surface area contributed by atoms with Crippen LogP contribution in [0.25, 0.3) is 0 Å². The number of aromatic nitrogens is 2. The van der Waals surface area contributed by atoms with Gasteiger partial charge in [-0.1, -0.05) is 0 Å². The zero-order chi connectivity index (χ0) is 20.1. The highest BCUT2D eigenvalue weighted by molar-refractivity contribution is 9.10. The summed E-state index contributed by atoms with van der Waals surface area (Å²) >= 11 is 3.32. The van der Waals surface area contributed by atoms with Crippen LogP contribution in [0.15, 0.2) is 16.9 Å². The normalized spacial score (nSPS) is 17.7. The van der Waals surface area contributed by atoms with Gasteiger partial charge in [0.1, 0.15) is 5.60 Å². The second-order valence-corrected chi connectivity index (χ2v) is 7.78. The molecule has 8 heteroatoms. The van der Waals surface area contributed by atoms with E-state index in [0.29, 0.717) is 51.5 Å². The number of nitrogens with one attached hydrogen (secondary N) is 1. The van der Waals surface area contributed by atoms with E-state index in [1.165, 1.54) is 0 Å². The van der Waals surface area contributed by atoms with Gasteiger partial charge in [0.25, 0.3) is 0 Å². The molecule has 2 rings (SSSR count). The van der Waals surface area contributed by atoms with E-state index in [1.807, 2.05) is 25.7 Å². The second kappa shape index (κ2) is 9.33. The fourth-order valence-corrected chi connectivity index (χ4v) is 2.57. The molecule has 0 radical (unpaired) electrons. The molecule has 2 heterocycles. The maximum Gasteiger partial charge on any atom is 0.407 e. The number of piperazine rings is 1. The van der Waals surface area contributed by atoms with E-state index in [2.05, 4.69) is 36.1 Å². The lowest BCUT2D eigenvalue weighted by Crippen LogP contribution is -2.47. The standard InChI is InChI=1S/C17H28BrN5O2/c1-17(2,3)25-16(24)19-6-4-5-7-22-8-10-23(11-9-22)15-20-12-14(18)13-21-15/h12-13H,4-11H2,1-3H3,(H,19,24)/i7D2. The first-order valence-electron chi connectivity index (χ1n) is 9.51. The molecule has 7 nitrogen and oxygen atoms in total. The topological polar surface area (TPSA) is 70.6 Å². The third kappa shape index (κ3) is 7.56. The van der Waals surface area contributed by atoms with Crippen molar-refractivity contribution in [1.82, 2.24) is 20.2 Å². The van der Waals surface area contributed by atoms with Crippen molar-refractivity contribution >= 4 is 28.0 Å². The molecule has 0 aliphatic carbocycles. The third-order valence-corrected chi connectivity index (χ3v) is 3.94. The van der Waals surface area contributed by atoms with Crippen molar-refractivity contribution in [2.45, 2.75) is 39.2 Å². The minimum Gasteiger partial charge on any atom is -0.444 e. The number of carbonyl (C=O) groups excluding carboxylic acids is 1. The van der Waals surface area contributed by atoms with E-state index in [9.17, 15) is 4.79 Å². The smallest absolute Gasteiger partial charge is 0.407 e. The first kappa shape index (κ1) is 17.0. The summed E-state index contributed by atoms with van der Waals surface area (Å²) in [5.41, 5.74) is -0.531. The number of halogens is 1. The molecule has 0 spiro atoms. The fraction of sp³-hybridized carbons (Fsp3) is 0.706. The summed E-state index contributed by atoms with van der Waals surface area (Å²) < 4.78 is 22.7. The molecule has 0 atom stereocenters. The Bertz CT molecular complexity index is 617. The number of ether oxygens (including phenoxy) is 1. The summed E-state index contributed by atoms with van der Waals surface area (Å²) in [6, 6.07) is 0. The molecule has 1 aliphatic heterocycles.